The molecule has 1 amide bonds. The minimum absolute atomic E-state index is 0.0444. The predicted molar refractivity (Wildman–Crippen MR) is 175 cm³/mol. The first kappa shape index (κ1) is 30.2. The number of nitrogens with zero attached hydrogens (tertiary/aromatic N) is 6. The van der Waals surface area contributed by atoms with Crippen LogP contribution in [0.4, 0.5) is 5.82 Å². The topological polar surface area (TPSA) is 84.2 Å². The molecule has 4 aromatic rings. The third kappa shape index (κ3) is 5.36. The Morgan fingerprint density at radius 1 is 1.12 bits per heavy atom. The monoisotopic (exact) mass is 596 g/mol. The van der Waals surface area contributed by atoms with E-state index in [4.69, 9.17) is 21.6 Å². The van der Waals surface area contributed by atoms with Gasteiger partial charge in [0, 0.05) is 36.9 Å². The van der Waals surface area contributed by atoms with Gasteiger partial charge in [0.1, 0.15) is 5.82 Å². The molecule has 2 atom stereocenters. The van der Waals surface area contributed by atoms with Gasteiger partial charge in [-0.2, -0.15) is 4.98 Å². The second-order valence-corrected chi connectivity index (χ2v) is 12.0. The number of benzene rings is 1. The van der Waals surface area contributed by atoms with Gasteiger partial charge in [0.2, 0.25) is 5.91 Å². The summed E-state index contributed by atoms with van der Waals surface area (Å²) in [7, 11) is 0. The van der Waals surface area contributed by atoms with E-state index in [1.165, 1.54) is 6.08 Å². The van der Waals surface area contributed by atoms with E-state index in [2.05, 4.69) is 23.0 Å². The molecule has 0 aliphatic carbocycles. The zero-order chi connectivity index (χ0) is 31.2. The lowest BCUT2D eigenvalue weighted by molar-refractivity contribution is -0.127. The van der Waals surface area contributed by atoms with Gasteiger partial charge in [0.25, 0.3) is 0 Å². The zero-order valence-corrected chi connectivity index (χ0v) is 26.3. The number of carbonyl (C=O) groups excluding carboxylic acids is 1. The molecule has 3 aromatic heterocycles. The summed E-state index contributed by atoms with van der Waals surface area (Å²) in [5.41, 5.74) is 5.48. The third-order valence-electron chi connectivity index (χ3n) is 8.02. The van der Waals surface area contributed by atoms with Gasteiger partial charge in [-0.3, -0.25) is 9.78 Å². The van der Waals surface area contributed by atoms with Crippen LogP contribution < -0.4 is 10.6 Å². The number of amides is 1. The van der Waals surface area contributed by atoms with Crippen LogP contribution in [0.25, 0.3) is 33.6 Å². The van der Waals surface area contributed by atoms with E-state index in [0.29, 0.717) is 46.3 Å². The molecule has 0 spiro atoms. The van der Waals surface area contributed by atoms with Crippen molar-refractivity contribution in [1.29, 1.82) is 0 Å². The molecule has 0 radical (unpaired) electrons. The van der Waals surface area contributed by atoms with Crippen molar-refractivity contribution < 1.29 is 4.79 Å². The van der Waals surface area contributed by atoms with Crippen molar-refractivity contribution in [3.8, 4) is 16.9 Å². The van der Waals surface area contributed by atoms with E-state index in [1.807, 2.05) is 77.9 Å². The molecule has 1 aliphatic heterocycles. The molecule has 1 aromatic carbocycles. The van der Waals surface area contributed by atoms with Crippen molar-refractivity contribution in [3.05, 3.63) is 94.2 Å². The van der Waals surface area contributed by atoms with Gasteiger partial charge in [0.15, 0.2) is 5.65 Å². The molecule has 4 heterocycles. The fourth-order valence-electron chi connectivity index (χ4n) is 6.09. The van der Waals surface area contributed by atoms with Crippen molar-refractivity contribution in [2.24, 2.45) is 0 Å². The van der Waals surface area contributed by atoms with Gasteiger partial charge in [-0.1, -0.05) is 68.4 Å². The lowest BCUT2D eigenvalue weighted by Crippen LogP contribution is -2.58. The molecule has 222 valence electrons. The first-order valence-electron chi connectivity index (χ1n) is 14.5. The molecule has 9 heteroatoms. The summed E-state index contributed by atoms with van der Waals surface area (Å²) in [6.45, 7) is 20.8. The zero-order valence-electron chi connectivity index (χ0n) is 25.6. The molecule has 8 nitrogen and oxygen atoms in total. The van der Waals surface area contributed by atoms with Crippen LogP contribution in [0.15, 0.2) is 66.6 Å². The van der Waals surface area contributed by atoms with Crippen molar-refractivity contribution in [2.75, 3.05) is 18.0 Å². The minimum Gasteiger partial charge on any atom is -0.347 e. The number of aromatic nitrogens is 4. The van der Waals surface area contributed by atoms with Crippen molar-refractivity contribution in [2.45, 2.75) is 59.5 Å². The maximum Gasteiger partial charge on any atom is 0.355 e. The smallest absolute Gasteiger partial charge is 0.347 e. The van der Waals surface area contributed by atoms with E-state index in [9.17, 15) is 9.59 Å². The number of halogens is 1. The number of fused-ring (bicyclic) bond motifs is 1. The molecule has 0 unspecified atom stereocenters. The van der Waals surface area contributed by atoms with Gasteiger partial charge in [-0.05, 0) is 62.9 Å². The molecule has 0 bridgehead atoms. The highest BCUT2D eigenvalue weighted by molar-refractivity contribution is 6.34. The van der Waals surface area contributed by atoms with Crippen LogP contribution in [-0.2, 0) is 4.79 Å². The van der Waals surface area contributed by atoms with Gasteiger partial charge in [-0.25, -0.2) is 14.3 Å². The molecule has 0 saturated carbocycles. The number of piperazine rings is 1. The Balaban J connectivity index is 1.86. The Bertz CT molecular complexity index is 1820. The maximum absolute atomic E-state index is 14.2. The van der Waals surface area contributed by atoms with E-state index >= 15 is 0 Å². The lowest BCUT2D eigenvalue weighted by Gasteiger charge is -2.45. The van der Waals surface area contributed by atoms with E-state index in [0.717, 1.165) is 28.0 Å². The van der Waals surface area contributed by atoms with Crippen LogP contribution in [0.3, 0.4) is 0 Å². The van der Waals surface area contributed by atoms with Crippen molar-refractivity contribution >= 4 is 39.9 Å². The molecule has 5 rings (SSSR count). The average molecular weight is 597 g/mol. The van der Waals surface area contributed by atoms with Crippen LogP contribution >= 0.6 is 11.6 Å². The number of allylic oxidation sites excluding steroid dienone is 1. The Hall–Kier alpha value is -4.30. The number of hydrogen-bond acceptors (Lipinski definition) is 6. The quantitative estimate of drug-likeness (QED) is 0.234. The largest absolute Gasteiger partial charge is 0.355 e. The van der Waals surface area contributed by atoms with Crippen LogP contribution in [0, 0.1) is 6.92 Å². The maximum atomic E-state index is 14.2. The Kier molecular flexibility index (Phi) is 8.25. The van der Waals surface area contributed by atoms with Gasteiger partial charge >= 0.3 is 5.69 Å². The standard InChI is InChI=1S/C34H37ClN6O2/c1-9-28(42)39-17-22(7)40(23(8)18-39)33-26-16-27(35)30(25-13-11-10-12-24(25)19(2)3)37-32(26)41(34(43)38-33)31-21(6)14-15-36-29(31)20(4)5/h9-16,20,22-23H,1-2,17-18H2,3-8H3/t22-,23-/m0/s1. The Morgan fingerprint density at radius 3 is 2.42 bits per heavy atom. The van der Waals surface area contributed by atoms with E-state index in [-0.39, 0.29) is 23.9 Å². The average Bonchev–Trinajstić information content (AvgIpc) is 2.96. The van der Waals surface area contributed by atoms with Crippen LogP contribution in [-0.4, -0.2) is 55.5 Å². The van der Waals surface area contributed by atoms with Gasteiger partial charge < -0.3 is 9.80 Å². The van der Waals surface area contributed by atoms with Crippen molar-refractivity contribution in [1.82, 2.24) is 24.4 Å². The third-order valence-corrected chi connectivity index (χ3v) is 8.31. The fraction of sp³-hybridized carbons (Fsp3) is 0.324. The highest BCUT2D eigenvalue weighted by atomic mass is 35.5. The minimum atomic E-state index is -0.460. The summed E-state index contributed by atoms with van der Waals surface area (Å²) < 4.78 is 1.58. The number of anilines is 1. The number of aryl methyl sites for hydroxylation is 1. The normalized spacial score (nSPS) is 17.0. The second kappa shape index (κ2) is 11.8. The first-order valence-corrected chi connectivity index (χ1v) is 14.9. The molecular weight excluding hydrogens is 560 g/mol. The number of pyridine rings is 2. The molecule has 43 heavy (non-hydrogen) atoms. The van der Waals surface area contributed by atoms with Crippen LogP contribution in [0.1, 0.15) is 57.4 Å². The summed E-state index contributed by atoms with van der Waals surface area (Å²) in [4.78, 5) is 45.0. The number of carbonyl (C=O) groups is 1. The summed E-state index contributed by atoms with van der Waals surface area (Å²) >= 11 is 7.03. The predicted octanol–water partition coefficient (Wildman–Crippen LogP) is 6.57. The molecule has 1 saturated heterocycles. The van der Waals surface area contributed by atoms with Crippen LogP contribution in [0.2, 0.25) is 5.02 Å². The highest BCUT2D eigenvalue weighted by Gasteiger charge is 2.34. The Morgan fingerprint density at radius 2 is 1.79 bits per heavy atom. The molecular formula is C34H37ClN6O2. The molecule has 1 fully saturated rings. The fourth-order valence-corrected chi connectivity index (χ4v) is 6.34. The molecule has 1 aliphatic rings. The van der Waals surface area contributed by atoms with Crippen LogP contribution in [0.5, 0.6) is 0 Å². The van der Waals surface area contributed by atoms with Gasteiger partial charge in [0.05, 0.1) is 27.5 Å². The van der Waals surface area contributed by atoms with E-state index in [1.54, 1.807) is 15.7 Å². The summed E-state index contributed by atoms with van der Waals surface area (Å²) in [6.07, 6.45) is 3.09. The van der Waals surface area contributed by atoms with E-state index < -0.39 is 5.69 Å². The highest BCUT2D eigenvalue weighted by Crippen LogP contribution is 2.38. The summed E-state index contributed by atoms with van der Waals surface area (Å²) in [5.74, 6) is 0.414. The SMILES string of the molecule is C=CC(=O)N1C[C@H](C)N(c2nc(=O)n(-c3c(C)ccnc3C(C)C)c3nc(-c4ccccc4C(=C)C)c(Cl)cc23)[C@@H](C)C1. The second-order valence-electron chi connectivity index (χ2n) is 11.6. The van der Waals surface area contributed by atoms with Crippen molar-refractivity contribution in [3.63, 3.8) is 0 Å². The summed E-state index contributed by atoms with van der Waals surface area (Å²) in [6, 6.07) is 11.3. The first-order chi connectivity index (χ1) is 20.4. The lowest BCUT2D eigenvalue weighted by atomic mass is 9.98. The number of hydrogen-bond donors (Lipinski definition) is 0. The van der Waals surface area contributed by atoms with Gasteiger partial charge in [-0.15, -0.1) is 0 Å². The Labute approximate surface area is 257 Å². The molecule has 0 N–H and O–H groups in total. The number of rotatable bonds is 6. The summed E-state index contributed by atoms with van der Waals surface area (Å²) in [5, 5.41) is 1.07.